The number of anilines is 1. The average molecular weight is 361 g/mol. The maximum Gasteiger partial charge on any atom is 0.256 e. The topological polar surface area (TPSA) is 72.5 Å². The van der Waals surface area contributed by atoms with E-state index in [1.807, 2.05) is 25.1 Å². The average Bonchev–Trinajstić information content (AvgIpc) is 3.00. The van der Waals surface area contributed by atoms with Crippen LogP contribution in [-0.2, 0) is 5.41 Å². The van der Waals surface area contributed by atoms with Crippen LogP contribution in [-0.4, -0.2) is 37.1 Å². The molecule has 0 atom stereocenters. The van der Waals surface area contributed by atoms with Gasteiger partial charge in [0.25, 0.3) is 5.91 Å². The van der Waals surface area contributed by atoms with Crippen LogP contribution in [0.25, 0.3) is 0 Å². The number of fused-ring (bicyclic) bond motifs is 1. The number of nitrogens with zero attached hydrogens (tertiary/aromatic N) is 1. The Morgan fingerprint density at radius 3 is 2.72 bits per heavy atom. The molecule has 2 heterocycles. The van der Waals surface area contributed by atoms with Crippen molar-refractivity contribution >= 4 is 22.4 Å². The Morgan fingerprint density at radius 1 is 1.28 bits per heavy atom. The van der Waals surface area contributed by atoms with Crippen LogP contribution in [0, 0.1) is 6.92 Å². The second-order valence-corrected chi connectivity index (χ2v) is 7.42. The first-order valence-corrected chi connectivity index (χ1v) is 9.02. The van der Waals surface area contributed by atoms with Gasteiger partial charge in [0.2, 0.25) is 0 Å². The van der Waals surface area contributed by atoms with Crippen molar-refractivity contribution in [1.29, 1.82) is 0 Å². The molecule has 1 aromatic carbocycles. The number of nitrogens with one attached hydrogen (secondary N) is 2. The van der Waals surface area contributed by atoms with Crippen LogP contribution in [0.5, 0.6) is 11.5 Å². The molecule has 1 amide bonds. The lowest BCUT2D eigenvalue weighted by atomic mass is 9.84. The molecular weight excluding hydrogens is 338 g/mol. The van der Waals surface area contributed by atoms with Crippen LogP contribution in [0.4, 0.5) is 5.00 Å². The predicted octanol–water partition coefficient (Wildman–Crippen LogP) is 2.97. The monoisotopic (exact) mass is 361 g/mol. The van der Waals surface area contributed by atoms with Crippen molar-refractivity contribution in [1.82, 2.24) is 9.69 Å². The molecule has 2 N–H and O–H groups in total. The van der Waals surface area contributed by atoms with Crippen LogP contribution in [0.15, 0.2) is 18.2 Å². The van der Waals surface area contributed by atoms with Crippen molar-refractivity contribution in [2.75, 3.05) is 32.1 Å². The fourth-order valence-corrected chi connectivity index (χ4v) is 3.51. The van der Waals surface area contributed by atoms with Gasteiger partial charge in [-0.05, 0) is 36.2 Å². The Balaban J connectivity index is 1.73. The normalized spacial score (nSPS) is 13.4. The van der Waals surface area contributed by atoms with Crippen molar-refractivity contribution in [3.63, 3.8) is 0 Å². The number of hydrogen-bond donors (Lipinski definition) is 2. The zero-order chi connectivity index (χ0) is 18.0. The molecule has 0 bridgehead atoms. The highest BCUT2D eigenvalue weighted by atomic mass is 32.1. The van der Waals surface area contributed by atoms with Crippen molar-refractivity contribution in [3.8, 4) is 11.5 Å². The first kappa shape index (κ1) is 17.5. The van der Waals surface area contributed by atoms with Crippen molar-refractivity contribution in [3.05, 3.63) is 35.0 Å². The lowest BCUT2D eigenvalue weighted by Crippen LogP contribution is -2.37. The standard InChI is InChI=1S/C18H23N3O3S/c1-11-15(17(19-4)25-21-11)16(22)20-10-18(2,3)12-5-6-13-14(9-12)24-8-7-23-13/h5-6,9,19H,7-8,10H2,1-4H3,(H,20,22). The molecule has 0 aliphatic carbocycles. The SMILES string of the molecule is CNc1snc(C)c1C(=O)NCC(C)(C)c1ccc2c(c1)OCCO2. The summed E-state index contributed by atoms with van der Waals surface area (Å²) in [4.78, 5) is 12.6. The number of carbonyl (C=O) groups excluding carboxylic acids is 1. The summed E-state index contributed by atoms with van der Waals surface area (Å²) in [5.41, 5.74) is 2.20. The van der Waals surface area contributed by atoms with E-state index in [-0.39, 0.29) is 11.3 Å². The van der Waals surface area contributed by atoms with Crippen LogP contribution >= 0.6 is 11.5 Å². The zero-order valence-electron chi connectivity index (χ0n) is 14.9. The fourth-order valence-electron chi connectivity index (χ4n) is 2.76. The fraction of sp³-hybridized carbons (Fsp3) is 0.444. The third kappa shape index (κ3) is 3.56. The van der Waals surface area contributed by atoms with Gasteiger partial charge in [0.15, 0.2) is 11.5 Å². The molecule has 0 radical (unpaired) electrons. The van der Waals surface area contributed by atoms with Gasteiger partial charge in [-0.15, -0.1) is 0 Å². The molecule has 1 aliphatic heterocycles. The molecular formula is C18H23N3O3S. The molecule has 7 heteroatoms. The Kier molecular flexibility index (Phi) is 4.85. The van der Waals surface area contributed by atoms with E-state index in [9.17, 15) is 4.79 Å². The number of amides is 1. The summed E-state index contributed by atoms with van der Waals surface area (Å²) in [6.07, 6.45) is 0. The molecule has 1 aromatic heterocycles. The summed E-state index contributed by atoms with van der Waals surface area (Å²) in [6.45, 7) is 7.67. The number of aryl methyl sites for hydroxylation is 1. The number of ether oxygens (including phenoxy) is 2. The first-order valence-electron chi connectivity index (χ1n) is 8.25. The second-order valence-electron chi connectivity index (χ2n) is 6.65. The van der Waals surface area contributed by atoms with E-state index in [0.717, 1.165) is 27.8 Å². The van der Waals surface area contributed by atoms with Crippen molar-refractivity contribution in [2.24, 2.45) is 0 Å². The van der Waals surface area contributed by atoms with E-state index in [0.29, 0.717) is 25.3 Å². The molecule has 0 saturated heterocycles. The second kappa shape index (κ2) is 6.92. The molecule has 2 aromatic rings. The van der Waals surface area contributed by atoms with Gasteiger partial charge in [-0.3, -0.25) is 4.79 Å². The van der Waals surface area contributed by atoms with Crippen LogP contribution in [0.2, 0.25) is 0 Å². The van der Waals surface area contributed by atoms with Gasteiger partial charge in [-0.2, -0.15) is 4.37 Å². The van der Waals surface area contributed by atoms with Gasteiger partial charge < -0.3 is 20.1 Å². The van der Waals surface area contributed by atoms with Gasteiger partial charge >= 0.3 is 0 Å². The molecule has 134 valence electrons. The Morgan fingerprint density at radius 2 is 2.00 bits per heavy atom. The lowest BCUT2D eigenvalue weighted by Gasteiger charge is -2.28. The summed E-state index contributed by atoms with van der Waals surface area (Å²) in [7, 11) is 1.79. The minimum Gasteiger partial charge on any atom is -0.486 e. The molecule has 1 aliphatic rings. The summed E-state index contributed by atoms with van der Waals surface area (Å²) in [5, 5.41) is 6.84. The molecule has 3 rings (SSSR count). The highest BCUT2D eigenvalue weighted by Crippen LogP contribution is 2.35. The highest BCUT2D eigenvalue weighted by Gasteiger charge is 2.26. The van der Waals surface area contributed by atoms with Gasteiger partial charge in [0.1, 0.15) is 18.2 Å². The highest BCUT2D eigenvalue weighted by molar-refractivity contribution is 7.10. The number of carbonyl (C=O) groups is 1. The first-order chi connectivity index (χ1) is 11.9. The Bertz CT molecular complexity index is 786. The van der Waals surface area contributed by atoms with E-state index in [2.05, 4.69) is 28.9 Å². The minimum atomic E-state index is -0.247. The largest absolute Gasteiger partial charge is 0.486 e. The third-order valence-corrected chi connectivity index (χ3v) is 5.29. The number of hydrogen-bond acceptors (Lipinski definition) is 6. The van der Waals surface area contributed by atoms with Crippen LogP contribution in [0.1, 0.15) is 35.5 Å². The van der Waals surface area contributed by atoms with Gasteiger partial charge in [-0.25, -0.2) is 0 Å². The molecule has 0 spiro atoms. The molecule has 25 heavy (non-hydrogen) atoms. The zero-order valence-corrected chi connectivity index (χ0v) is 15.8. The number of rotatable bonds is 5. The summed E-state index contributed by atoms with van der Waals surface area (Å²) >= 11 is 1.30. The van der Waals surface area contributed by atoms with Gasteiger partial charge in [0, 0.05) is 19.0 Å². The predicted molar refractivity (Wildman–Crippen MR) is 99.2 cm³/mol. The smallest absolute Gasteiger partial charge is 0.256 e. The molecule has 0 fully saturated rings. The van der Waals surface area contributed by atoms with E-state index in [4.69, 9.17) is 9.47 Å². The van der Waals surface area contributed by atoms with Crippen LogP contribution in [0.3, 0.4) is 0 Å². The maximum absolute atomic E-state index is 12.6. The van der Waals surface area contributed by atoms with E-state index < -0.39 is 0 Å². The maximum atomic E-state index is 12.6. The van der Waals surface area contributed by atoms with E-state index >= 15 is 0 Å². The van der Waals surface area contributed by atoms with Gasteiger partial charge in [0.05, 0.1) is 11.3 Å². The summed E-state index contributed by atoms with van der Waals surface area (Å²) in [5.74, 6) is 1.42. The Labute approximate surface area is 151 Å². The van der Waals surface area contributed by atoms with Crippen LogP contribution < -0.4 is 20.1 Å². The Hall–Kier alpha value is -2.28. The molecule has 0 unspecified atom stereocenters. The lowest BCUT2D eigenvalue weighted by molar-refractivity contribution is 0.0946. The molecule has 6 nitrogen and oxygen atoms in total. The third-order valence-electron chi connectivity index (χ3n) is 4.33. The quantitative estimate of drug-likeness (QED) is 0.857. The van der Waals surface area contributed by atoms with E-state index in [1.54, 1.807) is 7.05 Å². The molecule has 0 saturated carbocycles. The summed E-state index contributed by atoms with van der Waals surface area (Å²) in [6, 6.07) is 5.95. The number of benzene rings is 1. The summed E-state index contributed by atoms with van der Waals surface area (Å²) < 4.78 is 15.5. The number of aromatic nitrogens is 1. The van der Waals surface area contributed by atoms with Crippen molar-refractivity contribution in [2.45, 2.75) is 26.2 Å². The minimum absolute atomic E-state index is 0.110. The van der Waals surface area contributed by atoms with Crippen molar-refractivity contribution < 1.29 is 14.3 Å². The van der Waals surface area contributed by atoms with Gasteiger partial charge in [-0.1, -0.05) is 19.9 Å². The van der Waals surface area contributed by atoms with E-state index in [1.165, 1.54) is 11.5 Å².